The molecule has 0 aliphatic carbocycles. The molecule has 0 saturated carbocycles. The molecule has 5 unspecified atom stereocenters. The Morgan fingerprint density at radius 1 is 0.767 bits per heavy atom. The van der Waals surface area contributed by atoms with Gasteiger partial charge >= 0.3 is 23.9 Å². The van der Waals surface area contributed by atoms with Gasteiger partial charge in [0.1, 0.15) is 18.5 Å². The second-order valence-corrected chi connectivity index (χ2v) is 9.95. The van der Waals surface area contributed by atoms with Crippen molar-refractivity contribution in [2.45, 2.75) is 70.5 Å². The van der Waals surface area contributed by atoms with Gasteiger partial charge in [-0.2, -0.15) is 0 Å². The molecule has 2 aliphatic heterocycles. The van der Waals surface area contributed by atoms with Crippen LogP contribution in [-0.2, 0) is 47.7 Å². The van der Waals surface area contributed by atoms with Crippen molar-refractivity contribution in [1.82, 2.24) is 4.90 Å². The van der Waals surface area contributed by atoms with Crippen LogP contribution in [0.1, 0.15) is 33.3 Å². The predicted molar refractivity (Wildman–Crippen MR) is 149 cm³/mol. The van der Waals surface area contributed by atoms with E-state index in [0.717, 1.165) is 26.3 Å². The molecule has 0 bridgehead atoms. The Kier molecular flexibility index (Phi) is 10.1. The zero-order chi connectivity index (χ0) is 31.1. The monoisotopic (exact) mass is 595 g/mol. The van der Waals surface area contributed by atoms with Crippen LogP contribution in [0.5, 0.6) is 5.75 Å². The zero-order valence-electron chi connectivity index (χ0n) is 24.1. The first-order valence-corrected chi connectivity index (χ1v) is 13.6. The Labute approximate surface area is 248 Å². The highest BCUT2D eigenvalue weighted by atomic mass is 16.7. The summed E-state index contributed by atoms with van der Waals surface area (Å²) in [5.41, 5.74) is 0.849. The fraction of sp³-hybridized carbons (Fsp3) is 0.387. The van der Waals surface area contributed by atoms with Crippen molar-refractivity contribution in [2.24, 2.45) is 0 Å². The normalized spacial score (nSPS) is 26.7. The minimum Gasteiger partial charge on any atom is -0.478 e. The van der Waals surface area contributed by atoms with Crippen LogP contribution in [0.4, 0.5) is 0 Å². The summed E-state index contributed by atoms with van der Waals surface area (Å²) >= 11 is 0. The smallest absolute Gasteiger partial charge is 0.303 e. The number of ether oxygens (including phenoxy) is 6. The SMILES string of the molecule is CC(=O)OCC1OC(N2C(=O)[C@@H](Oc3ccccc3)[C@H]2/C=C/c2ccccc2)C(OC(C)=O)C(OC(C)=O)C1OC(C)=O. The van der Waals surface area contributed by atoms with Gasteiger partial charge in [0.15, 0.2) is 24.5 Å². The molecule has 0 N–H and O–H groups in total. The molecule has 2 aliphatic rings. The van der Waals surface area contributed by atoms with E-state index in [1.807, 2.05) is 36.4 Å². The molecule has 2 aromatic carbocycles. The van der Waals surface area contributed by atoms with Crippen LogP contribution in [0, 0.1) is 0 Å². The molecule has 7 atom stereocenters. The Hall–Kier alpha value is -4.71. The van der Waals surface area contributed by atoms with Gasteiger partial charge in [-0.25, -0.2) is 0 Å². The molecule has 0 spiro atoms. The lowest BCUT2D eigenvalue weighted by molar-refractivity contribution is -0.287. The van der Waals surface area contributed by atoms with Crippen molar-refractivity contribution >= 4 is 35.9 Å². The van der Waals surface area contributed by atoms with Gasteiger partial charge in [-0.05, 0) is 17.7 Å². The van der Waals surface area contributed by atoms with Crippen LogP contribution in [0.15, 0.2) is 66.7 Å². The molecule has 43 heavy (non-hydrogen) atoms. The van der Waals surface area contributed by atoms with E-state index in [4.69, 9.17) is 28.4 Å². The Balaban J connectivity index is 1.75. The maximum Gasteiger partial charge on any atom is 0.303 e. The van der Waals surface area contributed by atoms with Gasteiger partial charge in [-0.1, -0.05) is 60.7 Å². The maximum atomic E-state index is 13.7. The van der Waals surface area contributed by atoms with Crippen molar-refractivity contribution in [2.75, 3.05) is 6.61 Å². The lowest BCUT2D eigenvalue weighted by atomic mass is 9.90. The van der Waals surface area contributed by atoms with E-state index in [1.54, 1.807) is 36.4 Å². The summed E-state index contributed by atoms with van der Waals surface area (Å²) in [6, 6.07) is 17.4. The van der Waals surface area contributed by atoms with Crippen molar-refractivity contribution in [3.63, 3.8) is 0 Å². The number of nitrogens with zero attached hydrogens (tertiary/aromatic N) is 1. The Morgan fingerprint density at radius 3 is 1.91 bits per heavy atom. The molecule has 1 amide bonds. The average Bonchev–Trinajstić information content (AvgIpc) is 2.96. The van der Waals surface area contributed by atoms with E-state index in [1.165, 1.54) is 11.8 Å². The van der Waals surface area contributed by atoms with Gasteiger partial charge in [0, 0.05) is 27.7 Å². The third kappa shape index (κ3) is 7.77. The summed E-state index contributed by atoms with van der Waals surface area (Å²) in [6.07, 6.45) is -4.15. The zero-order valence-corrected chi connectivity index (χ0v) is 24.1. The molecule has 2 saturated heterocycles. The minimum absolute atomic E-state index is 0.412. The summed E-state index contributed by atoms with van der Waals surface area (Å²) in [5, 5.41) is 0. The number of carbonyl (C=O) groups is 5. The highest BCUT2D eigenvalue weighted by molar-refractivity contribution is 5.90. The number of hydrogen-bond acceptors (Lipinski definition) is 11. The highest BCUT2D eigenvalue weighted by Crippen LogP contribution is 2.37. The van der Waals surface area contributed by atoms with Crippen molar-refractivity contribution in [1.29, 1.82) is 0 Å². The molecule has 2 heterocycles. The first-order valence-electron chi connectivity index (χ1n) is 13.6. The molecular weight excluding hydrogens is 562 g/mol. The standard InChI is InChI=1S/C31H33NO11/c1-18(33)38-17-25-27(39-19(2)34)28(40-20(3)35)29(41-21(4)36)31(43-25)32-24(16-15-22-11-7-5-8-12-22)26(30(32)37)42-23-13-9-6-10-14-23/h5-16,24-29,31H,17H2,1-4H3/b16-15+/t24-,25?,26+,27?,28?,29?,31?/m1/s1. The summed E-state index contributed by atoms with van der Waals surface area (Å²) in [5.74, 6) is -2.98. The number of β-lactam (4-membered cyclic amide) rings is 1. The lowest BCUT2D eigenvalue weighted by Gasteiger charge is -2.54. The summed E-state index contributed by atoms with van der Waals surface area (Å²) < 4.78 is 34.0. The Morgan fingerprint density at radius 2 is 1.33 bits per heavy atom. The number of hydrogen-bond donors (Lipinski definition) is 0. The molecule has 228 valence electrons. The van der Waals surface area contributed by atoms with Gasteiger partial charge < -0.3 is 28.4 Å². The van der Waals surface area contributed by atoms with E-state index in [2.05, 4.69) is 0 Å². The van der Waals surface area contributed by atoms with Crippen molar-refractivity contribution in [3.05, 3.63) is 72.3 Å². The number of para-hydroxylation sites is 1. The predicted octanol–water partition coefficient (Wildman–Crippen LogP) is 2.44. The fourth-order valence-corrected chi connectivity index (χ4v) is 4.96. The number of benzene rings is 2. The first-order chi connectivity index (χ1) is 20.5. The topological polar surface area (TPSA) is 144 Å². The van der Waals surface area contributed by atoms with E-state index < -0.39 is 79.2 Å². The number of esters is 4. The fourth-order valence-electron chi connectivity index (χ4n) is 4.96. The van der Waals surface area contributed by atoms with E-state index in [0.29, 0.717) is 5.75 Å². The van der Waals surface area contributed by atoms with Crippen molar-refractivity contribution in [3.8, 4) is 5.75 Å². The third-order valence-electron chi connectivity index (χ3n) is 6.66. The third-order valence-corrected chi connectivity index (χ3v) is 6.66. The Bertz CT molecular complexity index is 1350. The van der Waals surface area contributed by atoms with Crippen LogP contribution < -0.4 is 4.74 Å². The maximum absolute atomic E-state index is 13.7. The molecule has 0 aromatic heterocycles. The summed E-state index contributed by atoms with van der Waals surface area (Å²) in [7, 11) is 0. The van der Waals surface area contributed by atoms with Crippen LogP contribution >= 0.6 is 0 Å². The lowest BCUT2D eigenvalue weighted by Crippen LogP contribution is -2.76. The second-order valence-electron chi connectivity index (χ2n) is 9.95. The van der Waals surface area contributed by atoms with Gasteiger partial charge in [0.25, 0.3) is 5.91 Å². The average molecular weight is 596 g/mol. The van der Waals surface area contributed by atoms with E-state index in [9.17, 15) is 24.0 Å². The highest BCUT2D eigenvalue weighted by Gasteiger charge is 2.60. The number of rotatable bonds is 10. The molecular formula is C31H33NO11. The number of carbonyl (C=O) groups excluding carboxylic acids is 5. The van der Waals surface area contributed by atoms with Gasteiger partial charge in [0.05, 0.1) is 6.04 Å². The number of likely N-dealkylation sites (tertiary alicyclic amines) is 1. The van der Waals surface area contributed by atoms with Crippen LogP contribution in [0.3, 0.4) is 0 Å². The quantitative estimate of drug-likeness (QED) is 0.227. The van der Waals surface area contributed by atoms with E-state index in [-0.39, 0.29) is 0 Å². The number of amides is 1. The van der Waals surface area contributed by atoms with Crippen LogP contribution in [0.25, 0.3) is 6.08 Å². The van der Waals surface area contributed by atoms with Gasteiger partial charge in [-0.15, -0.1) is 0 Å². The second kappa shape index (κ2) is 14.0. The molecule has 2 fully saturated rings. The first kappa shape index (κ1) is 31.2. The molecule has 12 nitrogen and oxygen atoms in total. The van der Waals surface area contributed by atoms with Gasteiger partial charge in [0.2, 0.25) is 6.10 Å². The summed E-state index contributed by atoms with van der Waals surface area (Å²) in [4.78, 5) is 63.3. The molecule has 4 rings (SSSR count). The summed E-state index contributed by atoms with van der Waals surface area (Å²) in [6.45, 7) is 4.17. The molecule has 12 heteroatoms. The van der Waals surface area contributed by atoms with Gasteiger partial charge in [-0.3, -0.25) is 28.9 Å². The van der Waals surface area contributed by atoms with Crippen LogP contribution in [0.2, 0.25) is 0 Å². The van der Waals surface area contributed by atoms with Crippen LogP contribution in [-0.4, -0.2) is 84.1 Å². The molecule has 0 radical (unpaired) electrons. The minimum atomic E-state index is -1.42. The van der Waals surface area contributed by atoms with Crippen molar-refractivity contribution < 1.29 is 52.4 Å². The largest absolute Gasteiger partial charge is 0.478 e. The molecule has 2 aromatic rings. The van der Waals surface area contributed by atoms with E-state index >= 15 is 0 Å².